The molecule has 1 atom stereocenters. The molecule has 138 valence electrons. The van der Waals surface area contributed by atoms with Crippen LogP contribution in [-0.2, 0) is 6.42 Å². The SMILES string of the molecule is CC(Nc1nccc(C(=O)NCCCc2ccccc2)n1)c1ccccc1. The second-order valence-electron chi connectivity index (χ2n) is 6.39. The van der Waals surface area contributed by atoms with Gasteiger partial charge in [0.1, 0.15) is 5.69 Å². The van der Waals surface area contributed by atoms with Gasteiger partial charge in [0.05, 0.1) is 6.04 Å². The van der Waals surface area contributed by atoms with Crippen molar-refractivity contribution in [2.24, 2.45) is 0 Å². The molecule has 0 aliphatic heterocycles. The van der Waals surface area contributed by atoms with Gasteiger partial charge in [-0.1, -0.05) is 60.7 Å². The van der Waals surface area contributed by atoms with Crippen LogP contribution in [-0.4, -0.2) is 22.4 Å². The minimum Gasteiger partial charge on any atom is -0.351 e. The van der Waals surface area contributed by atoms with Gasteiger partial charge < -0.3 is 10.6 Å². The van der Waals surface area contributed by atoms with Gasteiger partial charge in [-0.3, -0.25) is 4.79 Å². The number of benzene rings is 2. The third kappa shape index (κ3) is 5.64. The molecule has 1 unspecified atom stereocenters. The summed E-state index contributed by atoms with van der Waals surface area (Å²) in [5.41, 5.74) is 2.78. The fourth-order valence-corrected chi connectivity index (χ4v) is 2.80. The van der Waals surface area contributed by atoms with E-state index < -0.39 is 0 Å². The summed E-state index contributed by atoms with van der Waals surface area (Å²) in [6.45, 7) is 2.65. The second kappa shape index (κ2) is 9.48. The predicted molar refractivity (Wildman–Crippen MR) is 108 cm³/mol. The Labute approximate surface area is 159 Å². The highest BCUT2D eigenvalue weighted by Gasteiger charge is 2.11. The number of nitrogens with one attached hydrogen (secondary N) is 2. The molecule has 5 heteroatoms. The molecular weight excluding hydrogens is 336 g/mol. The maximum atomic E-state index is 12.3. The molecule has 1 aromatic heterocycles. The third-order valence-electron chi connectivity index (χ3n) is 4.30. The number of nitrogens with zero attached hydrogens (tertiary/aromatic N) is 2. The van der Waals surface area contributed by atoms with Crippen LogP contribution in [0.3, 0.4) is 0 Å². The fourth-order valence-electron chi connectivity index (χ4n) is 2.80. The number of aryl methyl sites for hydroxylation is 1. The molecule has 3 aromatic rings. The zero-order valence-corrected chi connectivity index (χ0v) is 15.4. The second-order valence-corrected chi connectivity index (χ2v) is 6.39. The zero-order valence-electron chi connectivity index (χ0n) is 15.4. The van der Waals surface area contributed by atoms with Gasteiger partial charge in [-0.05, 0) is 37.0 Å². The normalized spacial score (nSPS) is 11.6. The van der Waals surface area contributed by atoms with E-state index in [9.17, 15) is 4.79 Å². The molecule has 0 saturated heterocycles. The van der Waals surface area contributed by atoms with Crippen LogP contribution in [0.15, 0.2) is 72.9 Å². The van der Waals surface area contributed by atoms with Crippen LogP contribution in [0.4, 0.5) is 5.95 Å². The molecule has 0 aliphatic carbocycles. The van der Waals surface area contributed by atoms with Crippen LogP contribution in [0.25, 0.3) is 0 Å². The van der Waals surface area contributed by atoms with Gasteiger partial charge in [0, 0.05) is 12.7 Å². The molecule has 0 aliphatic rings. The molecule has 1 amide bonds. The summed E-state index contributed by atoms with van der Waals surface area (Å²) >= 11 is 0. The van der Waals surface area contributed by atoms with Gasteiger partial charge in [0.2, 0.25) is 5.95 Å². The lowest BCUT2D eigenvalue weighted by atomic mass is 10.1. The van der Waals surface area contributed by atoms with Crippen LogP contribution >= 0.6 is 0 Å². The number of hydrogen-bond donors (Lipinski definition) is 2. The molecule has 27 heavy (non-hydrogen) atoms. The van der Waals surface area contributed by atoms with Crippen molar-refractivity contribution in [2.75, 3.05) is 11.9 Å². The summed E-state index contributed by atoms with van der Waals surface area (Å²) in [7, 11) is 0. The Morgan fingerprint density at radius 1 is 1.00 bits per heavy atom. The highest BCUT2D eigenvalue weighted by molar-refractivity contribution is 5.92. The highest BCUT2D eigenvalue weighted by atomic mass is 16.1. The topological polar surface area (TPSA) is 66.9 Å². The van der Waals surface area contributed by atoms with Crippen LogP contribution in [0.5, 0.6) is 0 Å². The van der Waals surface area contributed by atoms with E-state index in [4.69, 9.17) is 0 Å². The van der Waals surface area contributed by atoms with Crippen molar-refractivity contribution in [2.45, 2.75) is 25.8 Å². The van der Waals surface area contributed by atoms with E-state index in [0.717, 1.165) is 18.4 Å². The largest absolute Gasteiger partial charge is 0.351 e. The first kappa shape index (κ1) is 18.6. The Balaban J connectivity index is 1.51. The minimum atomic E-state index is -0.180. The van der Waals surface area contributed by atoms with E-state index in [2.05, 4.69) is 32.7 Å². The van der Waals surface area contributed by atoms with Crippen molar-refractivity contribution in [3.63, 3.8) is 0 Å². The minimum absolute atomic E-state index is 0.0513. The summed E-state index contributed by atoms with van der Waals surface area (Å²) in [5, 5.41) is 6.16. The van der Waals surface area contributed by atoms with E-state index in [1.54, 1.807) is 12.3 Å². The number of carbonyl (C=O) groups is 1. The highest BCUT2D eigenvalue weighted by Crippen LogP contribution is 2.16. The number of amides is 1. The standard InChI is InChI=1S/C22H24N4O/c1-17(19-12-6-3-7-13-19)25-22-24-16-14-20(26-22)21(27)23-15-8-11-18-9-4-2-5-10-18/h2-7,9-10,12-14,16-17H,8,11,15H2,1H3,(H,23,27)(H,24,25,26). The van der Waals surface area contributed by atoms with Crippen molar-refractivity contribution in [1.29, 1.82) is 0 Å². The molecule has 0 bridgehead atoms. The molecule has 0 radical (unpaired) electrons. The first-order valence-corrected chi connectivity index (χ1v) is 9.19. The van der Waals surface area contributed by atoms with Gasteiger partial charge in [0.15, 0.2) is 0 Å². The average molecular weight is 360 g/mol. The smallest absolute Gasteiger partial charge is 0.270 e. The lowest BCUT2D eigenvalue weighted by Crippen LogP contribution is -2.26. The van der Waals surface area contributed by atoms with Crippen molar-refractivity contribution in [3.8, 4) is 0 Å². The summed E-state index contributed by atoms with van der Waals surface area (Å²) in [4.78, 5) is 20.9. The fraction of sp³-hybridized carbons (Fsp3) is 0.227. The van der Waals surface area contributed by atoms with Crippen LogP contribution < -0.4 is 10.6 Å². The molecule has 0 spiro atoms. The van der Waals surface area contributed by atoms with Crippen molar-refractivity contribution >= 4 is 11.9 Å². The molecule has 2 N–H and O–H groups in total. The first-order chi connectivity index (χ1) is 13.2. The van der Waals surface area contributed by atoms with Crippen LogP contribution in [0.2, 0.25) is 0 Å². The Bertz CT molecular complexity index is 852. The molecule has 3 rings (SSSR count). The third-order valence-corrected chi connectivity index (χ3v) is 4.30. The Kier molecular flexibility index (Phi) is 6.52. The number of anilines is 1. The summed E-state index contributed by atoms with van der Waals surface area (Å²) in [6, 6.07) is 22.0. The van der Waals surface area contributed by atoms with Crippen molar-refractivity contribution < 1.29 is 4.79 Å². The van der Waals surface area contributed by atoms with E-state index in [1.165, 1.54) is 5.56 Å². The molecular formula is C22H24N4O. The maximum Gasteiger partial charge on any atom is 0.270 e. The maximum absolute atomic E-state index is 12.3. The quantitative estimate of drug-likeness (QED) is 0.596. The molecule has 0 saturated carbocycles. The lowest BCUT2D eigenvalue weighted by Gasteiger charge is -2.14. The van der Waals surface area contributed by atoms with Gasteiger partial charge in [-0.15, -0.1) is 0 Å². The lowest BCUT2D eigenvalue weighted by molar-refractivity contribution is 0.0948. The molecule has 5 nitrogen and oxygen atoms in total. The predicted octanol–water partition coefficient (Wildman–Crippen LogP) is 4.01. The summed E-state index contributed by atoms with van der Waals surface area (Å²) in [6.07, 6.45) is 3.43. The molecule has 1 heterocycles. The Morgan fingerprint density at radius 3 is 2.44 bits per heavy atom. The number of carbonyl (C=O) groups excluding carboxylic acids is 1. The average Bonchev–Trinajstić information content (AvgIpc) is 2.72. The summed E-state index contributed by atoms with van der Waals surface area (Å²) < 4.78 is 0. The van der Waals surface area contributed by atoms with Crippen molar-refractivity contribution in [1.82, 2.24) is 15.3 Å². The number of hydrogen-bond acceptors (Lipinski definition) is 4. The van der Waals surface area contributed by atoms with E-state index in [0.29, 0.717) is 18.2 Å². The molecule has 0 fully saturated rings. The van der Waals surface area contributed by atoms with Gasteiger partial charge in [-0.25, -0.2) is 9.97 Å². The summed E-state index contributed by atoms with van der Waals surface area (Å²) in [5.74, 6) is 0.268. The van der Waals surface area contributed by atoms with Gasteiger partial charge in [-0.2, -0.15) is 0 Å². The Hall–Kier alpha value is -3.21. The van der Waals surface area contributed by atoms with Crippen molar-refractivity contribution in [3.05, 3.63) is 89.7 Å². The Morgan fingerprint density at radius 2 is 1.70 bits per heavy atom. The monoisotopic (exact) mass is 360 g/mol. The van der Waals surface area contributed by atoms with E-state index >= 15 is 0 Å². The van der Waals surface area contributed by atoms with Gasteiger partial charge in [0.25, 0.3) is 5.91 Å². The number of rotatable bonds is 8. The van der Waals surface area contributed by atoms with E-state index in [1.807, 2.05) is 55.5 Å². The van der Waals surface area contributed by atoms with E-state index in [-0.39, 0.29) is 11.9 Å². The van der Waals surface area contributed by atoms with Crippen LogP contribution in [0, 0.1) is 0 Å². The van der Waals surface area contributed by atoms with Crippen LogP contribution in [0.1, 0.15) is 41.0 Å². The first-order valence-electron chi connectivity index (χ1n) is 9.19. The number of aromatic nitrogens is 2. The van der Waals surface area contributed by atoms with Gasteiger partial charge >= 0.3 is 0 Å². The molecule has 2 aromatic carbocycles. The zero-order chi connectivity index (χ0) is 18.9.